The molecule has 1 fully saturated rings. The number of alkyl halides is 4. The minimum atomic E-state index is -4.51. The Labute approximate surface area is 130 Å². The second kappa shape index (κ2) is 6.38. The summed E-state index contributed by atoms with van der Waals surface area (Å²) in [6, 6.07) is 4.99. The fourth-order valence-corrected chi connectivity index (χ4v) is 3.18. The third-order valence-electron chi connectivity index (χ3n) is 3.94. The summed E-state index contributed by atoms with van der Waals surface area (Å²) in [5.74, 6) is -0.0597. The Kier molecular flexibility index (Phi) is 4.96. The Morgan fingerprint density at radius 3 is 2.38 bits per heavy atom. The van der Waals surface area contributed by atoms with Crippen LogP contribution in [-0.4, -0.2) is 28.7 Å². The summed E-state index contributed by atoms with van der Waals surface area (Å²) < 4.78 is 38.9. The Morgan fingerprint density at radius 2 is 1.86 bits per heavy atom. The first kappa shape index (κ1) is 16.3. The van der Waals surface area contributed by atoms with Crippen molar-refractivity contribution in [3.05, 3.63) is 35.4 Å². The Balaban J connectivity index is 2.15. The van der Waals surface area contributed by atoms with E-state index in [1.54, 1.807) is 0 Å². The van der Waals surface area contributed by atoms with Gasteiger partial charge in [0.1, 0.15) is 0 Å². The molecule has 1 aromatic rings. The standard InChI is InChI=1S/C15H17BrF3NO/c1-10(16)11-6-8-20(9-7-11)14(21)12-4-2-3-5-13(12)15(17,18)19/h2-5,10-11H,6-9H2,1H3. The minimum Gasteiger partial charge on any atom is -0.339 e. The Hall–Kier alpha value is -1.04. The average Bonchev–Trinajstić information content (AvgIpc) is 2.45. The summed E-state index contributed by atoms with van der Waals surface area (Å²) in [6.07, 6.45) is -2.88. The molecule has 0 radical (unpaired) electrons. The molecule has 0 bridgehead atoms. The largest absolute Gasteiger partial charge is 0.417 e. The van der Waals surface area contributed by atoms with Crippen LogP contribution in [0.3, 0.4) is 0 Å². The topological polar surface area (TPSA) is 20.3 Å². The van der Waals surface area contributed by atoms with Crippen molar-refractivity contribution in [3.63, 3.8) is 0 Å². The van der Waals surface area contributed by atoms with Gasteiger partial charge in [-0.25, -0.2) is 0 Å². The van der Waals surface area contributed by atoms with Crippen molar-refractivity contribution in [2.45, 2.75) is 30.8 Å². The second-order valence-electron chi connectivity index (χ2n) is 5.35. The van der Waals surface area contributed by atoms with Crippen LogP contribution in [0.4, 0.5) is 13.2 Å². The van der Waals surface area contributed by atoms with Crippen molar-refractivity contribution in [1.82, 2.24) is 4.90 Å². The van der Waals surface area contributed by atoms with E-state index in [-0.39, 0.29) is 5.56 Å². The Morgan fingerprint density at radius 1 is 1.29 bits per heavy atom. The highest BCUT2D eigenvalue weighted by atomic mass is 79.9. The smallest absolute Gasteiger partial charge is 0.339 e. The predicted octanol–water partition coefficient (Wildman–Crippen LogP) is 4.34. The normalized spacial score (nSPS) is 18.6. The van der Waals surface area contributed by atoms with Gasteiger partial charge in [-0.2, -0.15) is 13.2 Å². The molecule has 0 saturated carbocycles. The molecule has 2 rings (SSSR count). The molecule has 116 valence electrons. The minimum absolute atomic E-state index is 0.254. The van der Waals surface area contributed by atoms with Gasteiger partial charge in [0.2, 0.25) is 0 Å². The molecule has 1 amide bonds. The summed E-state index contributed by atoms with van der Waals surface area (Å²) in [7, 11) is 0. The molecule has 6 heteroatoms. The van der Waals surface area contributed by atoms with Gasteiger partial charge in [-0.3, -0.25) is 4.79 Å². The van der Waals surface area contributed by atoms with E-state index in [9.17, 15) is 18.0 Å². The van der Waals surface area contributed by atoms with Gasteiger partial charge in [0.05, 0.1) is 11.1 Å². The van der Waals surface area contributed by atoms with E-state index in [1.165, 1.54) is 23.1 Å². The molecule has 1 saturated heterocycles. The first-order chi connectivity index (χ1) is 9.80. The van der Waals surface area contributed by atoms with Crippen molar-refractivity contribution in [2.24, 2.45) is 5.92 Å². The van der Waals surface area contributed by atoms with Gasteiger partial charge < -0.3 is 4.90 Å². The maximum atomic E-state index is 13.0. The van der Waals surface area contributed by atoms with Crippen molar-refractivity contribution in [3.8, 4) is 0 Å². The lowest BCUT2D eigenvalue weighted by atomic mass is 9.93. The highest BCUT2D eigenvalue weighted by Crippen LogP contribution is 2.33. The summed E-state index contributed by atoms with van der Waals surface area (Å²) in [5, 5.41) is 0. The third kappa shape index (κ3) is 3.78. The molecule has 1 aromatic carbocycles. The van der Waals surface area contributed by atoms with Gasteiger partial charge in [0.15, 0.2) is 0 Å². The monoisotopic (exact) mass is 363 g/mol. The van der Waals surface area contributed by atoms with Gasteiger partial charge in [-0.1, -0.05) is 35.0 Å². The maximum Gasteiger partial charge on any atom is 0.417 e. The quantitative estimate of drug-likeness (QED) is 0.715. The van der Waals surface area contributed by atoms with Crippen LogP contribution in [0, 0.1) is 5.92 Å². The fourth-order valence-electron chi connectivity index (χ4n) is 2.65. The molecule has 0 spiro atoms. The zero-order valence-corrected chi connectivity index (χ0v) is 13.2. The van der Waals surface area contributed by atoms with Gasteiger partial charge in [-0.05, 0) is 30.9 Å². The molecule has 21 heavy (non-hydrogen) atoms. The molecule has 0 aromatic heterocycles. The molecule has 0 aliphatic carbocycles. The van der Waals surface area contributed by atoms with Crippen molar-refractivity contribution in [2.75, 3.05) is 13.1 Å². The van der Waals surface area contributed by atoms with Crippen LogP contribution in [0.15, 0.2) is 24.3 Å². The van der Waals surface area contributed by atoms with Crippen LogP contribution in [0.5, 0.6) is 0 Å². The molecule has 1 aliphatic rings. The summed E-state index contributed by atoms with van der Waals surface area (Å²) in [5.41, 5.74) is -1.11. The zero-order chi connectivity index (χ0) is 15.6. The van der Waals surface area contributed by atoms with Crippen LogP contribution in [0.1, 0.15) is 35.7 Å². The van der Waals surface area contributed by atoms with Crippen LogP contribution in [-0.2, 0) is 6.18 Å². The van der Waals surface area contributed by atoms with E-state index in [2.05, 4.69) is 22.9 Å². The maximum absolute atomic E-state index is 13.0. The molecular weight excluding hydrogens is 347 g/mol. The van der Waals surface area contributed by atoms with Crippen LogP contribution in [0.2, 0.25) is 0 Å². The second-order valence-corrected chi connectivity index (χ2v) is 6.79. The third-order valence-corrected chi connectivity index (χ3v) is 4.69. The molecule has 1 heterocycles. The highest BCUT2D eigenvalue weighted by Gasteiger charge is 2.36. The number of likely N-dealkylation sites (tertiary alicyclic amines) is 1. The number of benzene rings is 1. The molecular formula is C15H17BrF3NO. The van der Waals surface area contributed by atoms with Crippen molar-refractivity contribution < 1.29 is 18.0 Å². The molecule has 0 N–H and O–H groups in total. The predicted molar refractivity (Wildman–Crippen MR) is 78.5 cm³/mol. The van der Waals surface area contributed by atoms with Crippen LogP contribution < -0.4 is 0 Å². The number of carbonyl (C=O) groups is 1. The molecule has 1 atom stereocenters. The van der Waals surface area contributed by atoms with Crippen LogP contribution in [0.25, 0.3) is 0 Å². The van der Waals surface area contributed by atoms with E-state index in [4.69, 9.17) is 0 Å². The van der Waals surface area contributed by atoms with Gasteiger partial charge in [0.25, 0.3) is 5.91 Å². The number of amides is 1. The molecule has 1 aliphatic heterocycles. The van der Waals surface area contributed by atoms with E-state index < -0.39 is 17.6 Å². The van der Waals surface area contributed by atoms with Gasteiger partial charge >= 0.3 is 6.18 Å². The lowest BCUT2D eigenvalue weighted by Crippen LogP contribution is -2.40. The van der Waals surface area contributed by atoms with E-state index in [0.29, 0.717) is 23.8 Å². The van der Waals surface area contributed by atoms with E-state index in [0.717, 1.165) is 18.9 Å². The number of carbonyl (C=O) groups excluding carboxylic acids is 1. The van der Waals surface area contributed by atoms with Crippen molar-refractivity contribution in [1.29, 1.82) is 0 Å². The van der Waals surface area contributed by atoms with E-state index in [1.807, 2.05) is 0 Å². The van der Waals surface area contributed by atoms with Crippen LogP contribution >= 0.6 is 15.9 Å². The van der Waals surface area contributed by atoms with Gasteiger partial charge in [0, 0.05) is 17.9 Å². The SMILES string of the molecule is CC(Br)C1CCN(C(=O)c2ccccc2C(F)(F)F)CC1. The summed E-state index contributed by atoms with van der Waals surface area (Å²) in [4.78, 5) is 14.2. The van der Waals surface area contributed by atoms with Gasteiger partial charge in [-0.15, -0.1) is 0 Å². The zero-order valence-electron chi connectivity index (χ0n) is 11.7. The summed E-state index contributed by atoms with van der Waals surface area (Å²) >= 11 is 3.52. The number of rotatable bonds is 2. The highest BCUT2D eigenvalue weighted by molar-refractivity contribution is 9.09. The molecule has 2 nitrogen and oxygen atoms in total. The number of hydrogen-bond acceptors (Lipinski definition) is 1. The number of piperidine rings is 1. The number of halogens is 4. The van der Waals surface area contributed by atoms with Crippen molar-refractivity contribution >= 4 is 21.8 Å². The lowest BCUT2D eigenvalue weighted by Gasteiger charge is -2.33. The van der Waals surface area contributed by atoms with E-state index >= 15 is 0 Å². The average molecular weight is 364 g/mol. The number of nitrogens with zero attached hydrogens (tertiary/aromatic N) is 1. The lowest BCUT2D eigenvalue weighted by molar-refractivity contribution is -0.138. The summed E-state index contributed by atoms with van der Waals surface area (Å²) in [6.45, 7) is 3.07. The first-order valence-corrected chi connectivity index (χ1v) is 7.82. The fraction of sp³-hybridized carbons (Fsp3) is 0.533. The Bertz CT molecular complexity index is 508. The molecule has 1 unspecified atom stereocenters. The first-order valence-electron chi connectivity index (χ1n) is 6.90. The number of hydrogen-bond donors (Lipinski definition) is 0.